The van der Waals surface area contributed by atoms with Gasteiger partial charge in [-0.25, -0.2) is 9.97 Å². The topological polar surface area (TPSA) is 84.7 Å². The first-order valence-corrected chi connectivity index (χ1v) is 9.56. The number of H-pyrrole nitrogens is 1. The van der Waals surface area contributed by atoms with Gasteiger partial charge in [0.25, 0.3) is 0 Å². The first kappa shape index (κ1) is 19.4. The summed E-state index contributed by atoms with van der Waals surface area (Å²) in [5.74, 6) is 0.972. The van der Waals surface area contributed by atoms with Crippen LogP contribution in [0.4, 0.5) is 11.5 Å². The molecule has 0 bridgehead atoms. The molecule has 3 heterocycles. The molecule has 1 fully saturated rings. The normalized spacial score (nSPS) is 13.7. The zero-order valence-corrected chi connectivity index (χ0v) is 15.8. The highest BCUT2D eigenvalue weighted by molar-refractivity contribution is 5.92. The van der Waals surface area contributed by atoms with Crippen LogP contribution in [-0.2, 0) is 0 Å². The first-order valence-electron chi connectivity index (χ1n) is 9.56. The number of anilines is 2. The Morgan fingerprint density at radius 2 is 1.67 bits per heavy atom. The number of hydrogen-bond acceptors (Lipinski definition) is 6. The molecular weight excluding hydrogens is 374 g/mol. The first-order chi connectivity index (χ1) is 14.3. The van der Waals surface area contributed by atoms with Gasteiger partial charge in [0.1, 0.15) is 12.1 Å². The number of hydrogen-bond donors (Lipinski definition) is 1. The van der Waals surface area contributed by atoms with Crippen molar-refractivity contribution < 1.29 is 0 Å². The Kier molecular flexibility index (Phi) is 5.31. The van der Waals surface area contributed by atoms with Gasteiger partial charge in [-0.15, -0.1) is 0 Å². The van der Waals surface area contributed by atoms with Crippen molar-refractivity contribution in [2.24, 2.45) is 0 Å². The average Bonchev–Trinajstić information content (AvgIpc) is 3.34. The molecule has 0 amide bonds. The smallest absolute Gasteiger partial charge is 0.140 e. The molecule has 1 N–H and O–H groups in total. The Balaban J connectivity index is 0.00000218. The molecule has 150 valence electrons. The van der Waals surface area contributed by atoms with Gasteiger partial charge in [0.15, 0.2) is 0 Å². The van der Waals surface area contributed by atoms with Crippen molar-refractivity contribution in [2.75, 3.05) is 36.0 Å². The summed E-state index contributed by atoms with van der Waals surface area (Å²) in [6, 6.07) is 16.2. The third-order valence-corrected chi connectivity index (χ3v) is 5.39. The Bertz CT molecular complexity index is 1170. The van der Waals surface area contributed by atoms with E-state index in [4.69, 9.17) is 5.26 Å². The molecule has 4 aromatic rings. The van der Waals surface area contributed by atoms with Gasteiger partial charge in [-0.3, -0.25) is 5.10 Å². The maximum Gasteiger partial charge on any atom is 0.140 e. The molecule has 30 heavy (non-hydrogen) atoms. The summed E-state index contributed by atoms with van der Waals surface area (Å²) in [5, 5.41) is 16.9. The van der Waals surface area contributed by atoms with E-state index in [0.29, 0.717) is 5.56 Å². The van der Waals surface area contributed by atoms with Crippen LogP contribution in [0.15, 0.2) is 61.2 Å². The molecule has 0 atom stereocenters. The fourth-order valence-corrected chi connectivity index (χ4v) is 3.81. The van der Waals surface area contributed by atoms with Gasteiger partial charge < -0.3 is 9.80 Å². The van der Waals surface area contributed by atoms with E-state index in [0.717, 1.165) is 59.7 Å². The van der Waals surface area contributed by atoms with E-state index in [9.17, 15) is 0 Å². The molecule has 2 aromatic heterocycles. The largest absolute Gasteiger partial charge is 0.368 e. The van der Waals surface area contributed by atoms with E-state index in [-0.39, 0.29) is 7.43 Å². The van der Waals surface area contributed by atoms with Crippen molar-refractivity contribution in [1.29, 1.82) is 5.26 Å². The molecule has 0 radical (unpaired) electrons. The van der Waals surface area contributed by atoms with Crippen LogP contribution < -0.4 is 9.80 Å². The molecule has 0 unspecified atom stereocenters. The lowest BCUT2D eigenvalue weighted by Crippen LogP contribution is -2.46. The Morgan fingerprint density at radius 3 is 2.37 bits per heavy atom. The van der Waals surface area contributed by atoms with Crippen molar-refractivity contribution >= 4 is 22.4 Å². The number of piperazine rings is 1. The number of aromatic amines is 1. The zero-order valence-electron chi connectivity index (χ0n) is 15.8. The van der Waals surface area contributed by atoms with Gasteiger partial charge in [-0.2, -0.15) is 10.4 Å². The van der Waals surface area contributed by atoms with Gasteiger partial charge in [-0.05, 0) is 42.0 Å². The van der Waals surface area contributed by atoms with Crippen LogP contribution in [0.25, 0.3) is 22.0 Å². The minimum atomic E-state index is 0. The summed E-state index contributed by atoms with van der Waals surface area (Å²) in [7, 11) is 0. The number of fused-ring (bicyclic) bond motifs is 1. The predicted octanol–water partition coefficient (Wildman–Crippen LogP) is 3.85. The van der Waals surface area contributed by atoms with Gasteiger partial charge >= 0.3 is 0 Å². The lowest BCUT2D eigenvalue weighted by atomic mass is 10.1. The monoisotopic (exact) mass is 397 g/mol. The van der Waals surface area contributed by atoms with E-state index >= 15 is 0 Å². The minimum Gasteiger partial charge on any atom is -0.368 e. The van der Waals surface area contributed by atoms with E-state index in [2.05, 4.69) is 48.2 Å². The van der Waals surface area contributed by atoms with E-state index in [1.807, 2.05) is 42.7 Å². The van der Waals surface area contributed by atoms with Crippen LogP contribution in [-0.4, -0.2) is 46.3 Å². The van der Waals surface area contributed by atoms with Crippen molar-refractivity contribution in [3.8, 4) is 17.2 Å². The molecule has 5 rings (SSSR count). The SMILES string of the molecule is C.N#Cc1ccc(N2CCN(c3ncnc4ccc(-c5cn[nH]c5)cc34)CC2)cc1. The van der Waals surface area contributed by atoms with E-state index in [1.54, 1.807) is 6.33 Å². The fourth-order valence-electron chi connectivity index (χ4n) is 3.81. The van der Waals surface area contributed by atoms with Gasteiger partial charge in [0.2, 0.25) is 0 Å². The molecule has 1 aliphatic heterocycles. The van der Waals surface area contributed by atoms with Crippen LogP contribution in [0.5, 0.6) is 0 Å². The predicted molar refractivity (Wildman–Crippen MR) is 119 cm³/mol. The number of benzene rings is 2. The van der Waals surface area contributed by atoms with Crippen molar-refractivity contribution in [1.82, 2.24) is 20.2 Å². The molecule has 1 saturated heterocycles. The average molecular weight is 397 g/mol. The van der Waals surface area contributed by atoms with E-state index in [1.165, 1.54) is 0 Å². The second-order valence-electron chi connectivity index (χ2n) is 7.05. The molecule has 0 saturated carbocycles. The lowest BCUT2D eigenvalue weighted by Gasteiger charge is -2.37. The fraction of sp³-hybridized carbons (Fsp3) is 0.217. The summed E-state index contributed by atoms with van der Waals surface area (Å²) >= 11 is 0. The van der Waals surface area contributed by atoms with Crippen molar-refractivity contribution in [2.45, 2.75) is 7.43 Å². The second kappa shape index (κ2) is 8.21. The third kappa shape index (κ3) is 3.55. The molecule has 2 aromatic carbocycles. The highest BCUT2D eigenvalue weighted by Gasteiger charge is 2.20. The molecule has 0 aliphatic carbocycles. The lowest BCUT2D eigenvalue weighted by molar-refractivity contribution is 0.649. The van der Waals surface area contributed by atoms with Crippen LogP contribution in [0, 0.1) is 11.3 Å². The number of nitrogens with zero attached hydrogens (tertiary/aromatic N) is 6. The molecular formula is C23H23N7. The third-order valence-electron chi connectivity index (χ3n) is 5.39. The van der Waals surface area contributed by atoms with Crippen molar-refractivity contribution in [3.63, 3.8) is 0 Å². The summed E-state index contributed by atoms with van der Waals surface area (Å²) in [6.45, 7) is 3.56. The van der Waals surface area contributed by atoms with Gasteiger partial charge in [0.05, 0.1) is 23.3 Å². The maximum absolute atomic E-state index is 8.98. The van der Waals surface area contributed by atoms with Crippen LogP contribution in [0.2, 0.25) is 0 Å². The quantitative estimate of drug-likeness (QED) is 0.565. The molecule has 7 nitrogen and oxygen atoms in total. The summed E-state index contributed by atoms with van der Waals surface area (Å²) in [6.07, 6.45) is 5.35. The van der Waals surface area contributed by atoms with Gasteiger partial charge in [0, 0.05) is 49.0 Å². The Labute approximate surface area is 175 Å². The van der Waals surface area contributed by atoms with Crippen LogP contribution >= 0.6 is 0 Å². The van der Waals surface area contributed by atoms with Crippen LogP contribution in [0.1, 0.15) is 13.0 Å². The van der Waals surface area contributed by atoms with Crippen LogP contribution in [0.3, 0.4) is 0 Å². The summed E-state index contributed by atoms with van der Waals surface area (Å²) in [5.41, 5.74) is 4.93. The molecule has 0 spiro atoms. The molecule has 1 aliphatic rings. The maximum atomic E-state index is 8.98. The summed E-state index contributed by atoms with van der Waals surface area (Å²) in [4.78, 5) is 13.7. The van der Waals surface area contributed by atoms with Gasteiger partial charge in [-0.1, -0.05) is 13.5 Å². The highest BCUT2D eigenvalue weighted by Crippen LogP contribution is 2.29. The zero-order chi connectivity index (χ0) is 19.6. The highest BCUT2D eigenvalue weighted by atomic mass is 15.3. The van der Waals surface area contributed by atoms with Crippen molar-refractivity contribution in [3.05, 3.63) is 66.7 Å². The standard InChI is InChI=1S/C22H19N7.CH4/c23-12-16-1-4-19(5-2-16)28-7-9-29(10-8-28)22-20-11-17(18-13-26-27-14-18)3-6-21(20)24-15-25-22;/h1-6,11,13-15H,7-10H2,(H,26,27);1H4. The second-order valence-corrected chi connectivity index (χ2v) is 7.05. The number of aromatic nitrogens is 4. The summed E-state index contributed by atoms with van der Waals surface area (Å²) < 4.78 is 0. The minimum absolute atomic E-state index is 0. The number of nitrogens with one attached hydrogen (secondary N) is 1. The number of rotatable bonds is 3. The van der Waals surface area contributed by atoms with E-state index < -0.39 is 0 Å². The number of nitriles is 1. The Morgan fingerprint density at radius 1 is 0.900 bits per heavy atom. The Hall–Kier alpha value is -3.92. The molecule has 7 heteroatoms.